The molecule has 3 heterocycles. The fraction of sp³-hybridized carbons (Fsp3) is 0.323. The molecule has 1 amide bonds. The average Bonchev–Trinajstić information content (AvgIpc) is 3.51. The standard InChI is InChI=1S/C31H36N6O3S/c1-40-26-4-2-3-24(21-26)22-33-30(39)29-10-9-28(41-29)27-11-13-32-31(35-27)34-25-7-5-23(6-8-25)12-14-36-15-17-37(18-16-36)19-20-38/h2-11,13,21,38H,12,14-20,22H2,1H3,(H,33,39)(H,32,34,35). The van der Waals surface area contributed by atoms with Crippen molar-refractivity contribution in [3.8, 4) is 16.3 Å². The molecule has 9 nitrogen and oxygen atoms in total. The Morgan fingerprint density at radius 1 is 0.976 bits per heavy atom. The first-order valence-electron chi connectivity index (χ1n) is 13.9. The molecule has 5 rings (SSSR count). The fourth-order valence-electron chi connectivity index (χ4n) is 4.75. The maximum atomic E-state index is 12.7. The first kappa shape index (κ1) is 28.7. The largest absolute Gasteiger partial charge is 0.497 e. The quantitative estimate of drug-likeness (QED) is 0.234. The molecule has 214 valence electrons. The molecule has 1 saturated heterocycles. The molecule has 0 unspecified atom stereocenters. The molecule has 0 saturated carbocycles. The number of aliphatic hydroxyl groups is 1. The predicted molar refractivity (Wildman–Crippen MR) is 163 cm³/mol. The molecular formula is C31H36N6O3S. The molecule has 0 radical (unpaired) electrons. The lowest BCUT2D eigenvalue weighted by molar-refractivity contribution is 0.0955. The second-order valence-corrected chi connectivity index (χ2v) is 11.0. The second kappa shape index (κ2) is 14.2. The van der Waals surface area contributed by atoms with Gasteiger partial charge in [-0.3, -0.25) is 9.69 Å². The average molecular weight is 573 g/mol. The zero-order chi connectivity index (χ0) is 28.4. The number of thiophene rings is 1. The number of aromatic nitrogens is 2. The summed E-state index contributed by atoms with van der Waals surface area (Å²) in [4.78, 5) is 28.1. The highest BCUT2D eigenvalue weighted by Gasteiger charge is 2.16. The summed E-state index contributed by atoms with van der Waals surface area (Å²) >= 11 is 1.40. The molecule has 1 aliphatic heterocycles. The van der Waals surface area contributed by atoms with Crippen molar-refractivity contribution in [3.05, 3.63) is 88.9 Å². The van der Waals surface area contributed by atoms with Gasteiger partial charge in [0, 0.05) is 57.7 Å². The van der Waals surface area contributed by atoms with Gasteiger partial charge < -0.3 is 25.4 Å². The van der Waals surface area contributed by atoms with Crippen LogP contribution < -0.4 is 15.4 Å². The van der Waals surface area contributed by atoms with E-state index in [0.29, 0.717) is 17.4 Å². The van der Waals surface area contributed by atoms with E-state index in [4.69, 9.17) is 9.84 Å². The summed E-state index contributed by atoms with van der Waals surface area (Å²) in [7, 11) is 1.63. The molecule has 2 aromatic heterocycles. The van der Waals surface area contributed by atoms with Crippen molar-refractivity contribution in [2.75, 3.05) is 58.3 Å². The first-order chi connectivity index (χ1) is 20.1. The summed E-state index contributed by atoms with van der Waals surface area (Å²) in [5, 5.41) is 15.4. The Bertz CT molecular complexity index is 1420. The minimum absolute atomic E-state index is 0.125. The third-order valence-electron chi connectivity index (χ3n) is 7.13. The Balaban J connectivity index is 1.12. The van der Waals surface area contributed by atoms with Gasteiger partial charge >= 0.3 is 0 Å². The van der Waals surface area contributed by atoms with E-state index in [1.54, 1.807) is 13.3 Å². The molecule has 1 aliphatic rings. The van der Waals surface area contributed by atoms with Gasteiger partial charge in [0.25, 0.3) is 5.91 Å². The highest BCUT2D eigenvalue weighted by Crippen LogP contribution is 2.28. The summed E-state index contributed by atoms with van der Waals surface area (Å²) in [6.07, 6.45) is 2.72. The van der Waals surface area contributed by atoms with Crippen LogP contribution in [0.5, 0.6) is 5.75 Å². The topological polar surface area (TPSA) is 103 Å². The minimum atomic E-state index is -0.125. The Morgan fingerprint density at radius 2 is 1.76 bits per heavy atom. The van der Waals surface area contributed by atoms with Gasteiger partial charge in [0.15, 0.2) is 0 Å². The van der Waals surface area contributed by atoms with Crippen LogP contribution in [0.15, 0.2) is 72.9 Å². The number of nitrogens with zero attached hydrogens (tertiary/aromatic N) is 4. The lowest BCUT2D eigenvalue weighted by atomic mass is 10.1. The van der Waals surface area contributed by atoms with Gasteiger partial charge in [-0.1, -0.05) is 24.3 Å². The number of anilines is 2. The number of benzene rings is 2. The van der Waals surface area contributed by atoms with E-state index >= 15 is 0 Å². The van der Waals surface area contributed by atoms with Crippen molar-refractivity contribution in [2.24, 2.45) is 0 Å². The van der Waals surface area contributed by atoms with Crippen LogP contribution in [0.25, 0.3) is 10.6 Å². The van der Waals surface area contributed by atoms with Crippen molar-refractivity contribution in [1.29, 1.82) is 0 Å². The third-order valence-corrected chi connectivity index (χ3v) is 8.24. The number of ether oxygens (including phenoxy) is 1. The number of β-amino-alcohol motifs (C(OH)–C–C–N with tert-alkyl or cyclic N) is 1. The highest BCUT2D eigenvalue weighted by atomic mass is 32.1. The fourth-order valence-corrected chi connectivity index (χ4v) is 5.65. The molecule has 0 spiro atoms. The van der Waals surface area contributed by atoms with Crippen LogP contribution in [0.4, 0.5) is 11.6 Å². The smallest absolute Gasteiger partial charge is 0.261 e. The molecule has 3 N–H and O–H groups in total. The highest BCUT2D eigenvalue weighted by molar-refractivity contribution is 7.17. The van der Waals surface area contributed by atoms with Gasteiger partial charge in [-0.15, -0.1) is 11.3 Å². The van der Waals surface area contributed by atoms with E-state index in [1.165, 1.54) is 16.9 Å². The van der Waals surface area contributed by atoms with E-state index in [-0.39, 0.29) is 12.5 Å². The normalized spacial score (nSPS) is 14.1. The molecule has 4 aromatic rings. The number of nitrogens with one attached hydrogen (secondary N) is 2. The number of carbonyl (C=O) groups is 1. The monoisotopic (exact) mass is 572 g/mol. The van der Waals surface area contributed by atoms with Gasteiger partial charge in [-0.2, -0.15) is 0 Å². The Hall–Kier alpha value is -3.83. The second-order valence-electron chi connectivity index (χ2n) is 9.94. The van der Waals surface area contributed by atoms with Gasteiger partial charge in [-0.25, -0.2) is 9.97 Å². The van der Waals surface area contributed by atoms with Gasteiger partial charge in [0.05, 0.1) is 29.2 Å². The van der Waals surface area contributed by atoms with E-state index in [9.17, 15) is 4.79 Å². The van der Waals surface area contributed by atoms with Crippen molar-refractivity contribution in [1.82, 2.24) is 25.1 Å². The molecule has 1 fully saturated rings. The molecule has 0 aliphatic carbocycles. The number of methoxy groups -OCH3 is 1. The lowest BCUT2D eigenvalue weighted by Gasteiger charge is -2.34. The Kier molecular flexibility index (Phi) is 9.92. The summed E-state index contributed by atoms with van der Waals surface area (Å²) in [6.45, 7) is 6.60. The summed E-state index contributed by atoms with van der Waals surface area (Å²) in [5.41, 5.74) is 3.95. The number of carbonyl (C=O) groups excluding carboxylic acids is 1. The van der Waals surface area contributed by atoms with Crippen molar-refractivity contribution in [3.63, 3.8) is 0 Å². The van der Waals surface area contributed by atoms with Crippen LogP contribution in [0.3, 0.4) is 0 Å². The number of amides is 1. The van der Waals surface area contributed by atoms with Crippen LogP contribution in [-0.4, -0.2) is 83.8 Å². The molecule has 0 atom stereocenters. The van der Waals surface area contributed by atoms with Crippen molar-refractivity contribution >= 4 is 28.9 Å². The lowest BCUT2D eigenvalue weighted by Crippen LogP contribution is -2.47. The van der Waals surface area contributed by atoms with Crippen LogP contribution in [-0.2, 0) is 13.0 Å². The van der Waals surface area contributed by atoms with Gasteiger partial charge in [-0.05, 0) is 60.0 Å². The van der Waals surface area contributed by atoms with Gasteiger partial charge in [0.1, 0.15) is 5.75 Å². The third kappa shape index (κ3) is 8.11. The van der Waals surface area contributed by atoms with E-state index < -0.39 is 0 Å². The number of rotatable bonds is 12. The van der Waals surface area contributed by atoms with E-state index in [2.05, 4.69) is 54.7 Å². The van der Waals surface area contributed by atoms with Crippen molar-refractivity contribution < 1.29 is 14.6 Å². The maximum absolute atomic E-state index is 12.7. The number of hydrogen-bond acceptors (Lipinski definition) is 9. The maximum Gasteiger partial charge on any atom is 0.261 e. The van der Waals surface area contributed by atoms with Crippen LogP contribution >= 0.6 is 11.3 Å². The van der Waals surface area contributed by atoms with E-state index in [0.717, 1.165) is 73.3 Å². The molecule has 10 heteroatoms. The van der Waals surface area contributed by atoms with Crippen molar-refractivity contribution in [2.45, 2.75) is 13.0 Å². The van der Waals surface area contributed by atoms with Crippen LogP contribution in [0, 0.1) is 0 Å². The molecule has 2 aromatic carbocycles. The van der Waals surface area contributed by atoms with Crippen LogP contribution in [0.1, 0.15) is 20.8 Å². The van der Waals surface area contributed by atoms with E-state index in [1.807, 2.05) is 42.5 Å². The molecular weight excluding hydrogens is 536 g/mol. The SMILES string of the molecule is COc1cccc(CNC(=O)c2ccc(-c3ccnc(Nc4ccc(CCN5CCN(CCO)CC5)cc4)n3)s2)c1. The molecule has 41 heavy (non-hydrogen) atoms. The number of hydrogen-bond donors (Lipinski definition) is 3. The summed E-state index contributed by atoms with van der Waals surface area (Å²) < 4.78 is 5.25. The minimum Gasteiger partial charge on any atom is -0.497 e. The Labute approximate surface area is 244 Å². The Morgan fingerprint density at radius 3 is 2.51 bits per heavy atom. The zero-order valence-corrected chi connectivity index (χ0v) is 24.1. The number of aliphatic hydroxyl groups excluding tert-OH is 1. The van der Waals surface area contributed by atoms with Crippen LogP contribution in [0.2, 0.25) is 0 Å². The number of piperazine rings is 1. The first-order valence-corrected chi connectivity index (χ1v) is 14.7. The zero-order valence-electron chi connectivity index (χ0n) is 23.3. The predicted octanol–water partition coefficient (Wildman–Crippen LogP) is 4.04. The van der Waals surface area contributed by atoms with Gasteiger partial charge in [0.2, 0.25) is 5.95 Å². The summed E-state index contributed by atoms with van der Waals surface area (Å²) in [6, 6.07) is 21.6. The molecule has 0 bridgehead atoms. The summed E-state index contributed by atoms with van der Waals surface area (Å²) in [5.74, 6) is 1.15.